The van der Waals surface area contributed by atoms with Gasteiger partial charge in [0.1, 0.15) is 102 Å². The van der Waals surface area contributed by atoms with Gasteiger partial charge in [-0.3, -0.25) is 19.2 Å². The molecule has 8 rings (SSSR count). The second kappa shape index (κ2) is 20.8. The van der Waals surface area contributed by atoms with Gasteiger partial charge < -0.3 is 60.5 Å². The predicted molar refractivity (Wildman–Crippen MR) is 285 cm³/mol. The summed E-state index contributed by atoms with van der Waals surface area (Å²) >= 11 is 0. The van der Waals surface area contributed by atoms with Gasteiger partial charge >= 0.3 is 0 Å². The number of hydrogen-bond donors (Lipinski definition) is 10. The van der Waals surface area contributed by atoms with Gasteiger partial charge in [0.25, 0.3) is 0 Å². The van der Waals surface area contributed by atoms with Gasteiger partial charge in [-0.25, -0.2) is 0 Å². The van der Waals surface area contributed by atoms with Crippen LogP contribution in [0.1, 0.15) is 139 Å². The van der Waals surface area contributed by atoms with Crippen LogP contribution in [0.25, 0.3) is 24.3 Å². The van der Waals surface area contributed by atoms with Crippen LogP contribution in [0.3, 0.4) is 0 Å². The van der Waals surface area contributed by atoms with Crippen LogP contribution >= 0.6 is 0 Å². The van der Waals surface area contributed by atoms with Crippen LogP contribution in [0.2, 0.25) is 0 Å². The summed E-state index contributed by atoms with van der Waals surface area (Å²) in [7, 11) is 0. The summed E-state index contributed by atoms with van der Waals surface area (Å²) < 4.78 is 12.0. The van der Waals surface area contributed by atoms with E-state index in [2.05, 4.69) is 0 Å². The average Bonchev–Trinajstić information content (AvgIpc) is 3.35. The van der Waals surface area contributed by atoms with Crippen molar-refractivity contribution in [1.82, 2.24) is 0 Å². The predicted octanol–water partition coefficient (Wildman–Crippen LogP) is 10.8. The van der Waals surface area contributed by atoms with E-state index >= 15 is 0 Å². The van der Waals surface area contributed by atoms with Crippen molar-refractivity contribution in [1.29, 1.82) is 0 Å². The smallest absolute Gasteiger partial charge is 0.193 e. The monoisotopic (exact) mass is 1030 g/mol. The number of fused-ring (bicyclic) bond motifs is 2. The van der Waals surface area contributed by atoms with Crippen molar-refractivity contribution in [3.05, 3.63) is 163 Å². The van der Waals surface area contributed by atoms with Crippen LogP contribution in [0.5, 0.6) is 69.0 Å². The molecule has 0 radical (unpaired) electrons. The molecule has 76 heavy (non-hydrogen) atoms. The van der Waals surface area contributed by atoms with Crippen molar-refractivity contribution in [3.63, 3.8) is 0 Å². The second-order valence-electron chi connectivity index (χ2n) is 19.4. The Morgan fingerprint density at radius 2 is 0.737 bits per heavy atom. The van der Waals surface area contributed by atoms with Gasteiger partial charge in [0.05, 0.1) is 11.1 Å². The van der Waals surface area contributed by atoms with Crippen LogP contribution in [0.15, 0.2) is 85.0 Å². The zero-order chi connectivity index (χ0) is 55.9. The highest BCUT2D eigenvalue weighted by Crippen LogP contribution is 2.52. The SMILES string of the molecule is CC(=O)c1c(O)c(C)c(O)c(Cc2c(O)c3c(c(C(=O)/C=C/c4ccccc4)c2O)OC(C)(C)C=C3)c1O.CC(=O)c1c(O)c(C)c(O)c(Cc2c(O)c3c(c(C(=O)/C=C/c4ccccc4)c2O)OC(C)(C)C=C3)c1O. The minimum Gasteiger partial charge on any atom is -0.507 e. The molecule has 0 fully saturated rings. The van der Waals surface area contributed by atoms with E-state index in [1.54, 1.807) is 88.4 Å². The average molecular weight is 1030 g/mol. The summed E-state index contributed by atoms with van der Waals surface area (Å²) in [6, 6.07) is 18.1. The van der Waals surface area contributed by atoms with Crippen molar-refractivity contribution >= 4 is 47.4 Å². The first kappa shape index (κ1) is 54.3. The van der Waals surface area contributed by atoms with Gasteiger partial charge in [-0.1, -0.05) is 72.8 Å². The van der Waals surface area contributed by atoms with Gasteiger partial charge in [-0.15, -0.1) is 0 Å². The van der Waals surface area contributed by atoms with Gasteiger partial charge in [0, 0.05) is 46.2 Å². The Morgan fingerprint density at radius 3 is 1.05 bits per heavy atom. The number of benzene rings is 6. The van der Waals surface area contributed by atoms with Crippen LogP contribution in [0.4, 0.5) is 0 Å². The summed E-state index contributed by atoms with van der Waals surface area (Å²) in [5.41, 5.74) is -2.05. The number of allylic oxidation sites excluding steroid dienone is 2. The van der Waals surface area contributed by atoms with E-state index in [9.17, 15) is 70.2 Å². The van der Waals surface area contributed by atoms with E-state index in [0.717, 1.165) is 25.0 Å². The number of phenols is 10. The van der Waals surface area contributed by atoms with E-state index in [-0.39, 0.29) is 67.1 Å². The van der Waals surface area contributed by atoms with E-state index in [1.807, 2.05) is 36.4 Å². The normalized spacial score (nSPS) is 13.8. The molecule has 0 saturated heterocycles. The highest BCUT2D eigenvalue weighted by atomic mass is 16.5. The maximum Gasteiger partial charge on any atom is 0.193 e. The van der Waals surface area contributed by atoms with Gasteiger partial charge in [-0.2, -0.15) is 0 Å². The second-order valence-corrected chi connectivity index (χ2v) is 19.4. The number of hydrogen-bond acceptors (Lipinski definition) is 16. The highest BCUT2D eigenvalue weighted by Gasteiger charge is 2.36. The number of carbonyl (C=O) groups is 4. The molecule has 16 nitrogen and oxygen atoms in total. The lowest BCUT2D eigenvalue weighted by molar-refractivity contribution is 0.0998. The first-order valence-electron chi connectivity index (χ1n) is 23.7. The molecule has 0 aliphatic carbocycles. The number of rotatable bonds is 12. The molecule has 0 bridgehead atoms. The molecule has 6 aromatic rings. The van der Waals surface area contributed by atoms with Crippen molar-refractivity contribution in [2.45, 2.75) is 79.4 Å². The third-order valence-electron chi connectivity index (χ3n) is 13.0. The number of phenolic OH excluding ortho intramolecular Hbond substituents is 10. The zero-order valence-corrected chi connectivity index (χ0v) is 42.7. The Kier molecular flexibility index (Phi) is 14.9. The maximum atomic E-state index is 13.4. The first-order valence-corrected chi connectivity index (χ1v) is 23.7. The molecular formula is C60H56O16. The van der Waals surface area contributed by atoms with Crippen molar-refractivity contribution < 1.29 is 79.7 Å². The topological polar surface area (TPSA) is 289 Å². The summed E-state index contributed by atoms with van der Waals surface area (Å²) in [5.74, 6) is -8.19. The van der Waals surface area contributed by atoms with Crippen LogP contribution in [0, 0.1) is 13.8 Å². The van der Waals surface area contributed by atoms with Gasteiger partial charge in [0.2, 0.25) is 0 Å². The van der Waals surface area contributed by atoms with Crippen molar-refractivity contribution in [2.24, 2.45) is 0 Å². The number of carbonyl (C=O) groups excluding carboxylic acids is 4. The number of Topliss-reactive ketones (excluding diaryl/α,β-unsaturated/α-hetero) is 2. The lowest BCUT2D eigenvalue weighted by Crippen LogP contribution is -2.29. The van der Waals surface area contributed by atoms with E-state index in [4.69, 9.17) is 9.47 Å². The Bertz CT molecular complexity index is 3290. The molecule has 10 N–H and O–H groups in total. The fourth-order valence-corrected chi connectivity index (χ4v) is 8.82. The molecule has 0 unspecified atom stereocenters. The van der Waals surface area contributed by atoms with E-state index in [1.165, 1.54) is 26.0 Å². The Labute approximate surface area is 437 Å². The molecular weight excluding hydrogens is 977 g/mol. The standard InChI is InChI=1S/2C30H28O8/c2*1-15-24(33)19(27(36)22(16(2)31)25(15)34)14-20-26(35)18-12-13-30(3,4)38-29(18)23(28(20)37)21(32)11-10-17-8-6-5-7-9-17/h2*5-13,33-37H,14H2,1-4H3/b2*11-10+. The third kappa shape index (κ3) is 10.4. The molecule has 0 aromatic heterocycles. The molecule has 0 spiro atoms. The number of ether oxygens (including phenoxy) is 2. The number of aromatic hydroxyl groups is 10. The highest BCUT2D eigenvalue weighted by molar-refractivity contribution is 6.13. The number of ketones is 4. The molecule has 2 heterocycles. The van der Waals surface area contributed by atoms with E-state index < -0.39 is 116 Å². The summed E-state index contributed by atoms with van der Waals surface area (Å²) in [5, 5.41) is 108. The molecule has 2 aliphatic heterocycles. The van der Waals surface area contributed by atoms with Crippen LogP contribution in [-0.4, -0.2) is 85.4 Å². The lowest BCUT2D eigenvalue weighted by Gasteiger charge is -2.30. The minimum atomic E-state index is -0.841. The molecule has 0 atom stereocenters. The fraction of sp³-hybridized carbons (Fsp3) is 0.200. The lowest BCUT2D eigenvalue weighted by atomic mass is 9.89. The Hall–Kier alpha value is -9.44. The zero-order valence-electron chi connectivity index (χ0n) is 42.7. The van der Waals surface area contributed by atoms with Crippen LogP contribution < -0.4 is 9.47 Å². The fourth-order valence-electron chi connectivity index (χ4n) is 8.82. The largest absolute Gasteiger partial charge is 0.507 e. The summed E-state index contributed by atoms with van der Waals surface area (Å²) in [6.07, 6.45) is 11.2. The molecule has 6 aromatic carbocycles. The molecule has 16 heteroatoms. The van der Waals surface area contributed by atoms with Crippen molar-refractivity contribution in [3.8, 4) is 69.0 Å². The summed E-state index contributed by atoms with van der Waals surface area (Å²) in [6.45, 7) is 12.0. The maximum absolute atomic E-state index is 13.4. The van der Waals surface area contributed by atoms with Crippen molar-refractivity contribution in [2.75, 3.05) is 0 Å². The van der Waals surface area contributed by atoms with Gasteiger partial charge in [-0.05, 0) is 103 Å². The first-order chi connectivity index (χ1) is 35.7. The minimum absolute atomic E-state index is 0.0151. The quantitative estimate of drug-likeness (QED) is 0.0403. The molecule has 2 aliphatic rings. The summed E-state index contributed by atoms with van der Waals surface area (Å²) in [4.78, 5) is 51.0. The van der Waals surface area contributed by atoms with Crippen LogP contribution in [-0.2, 0) is 12.8 Å². The molecule has 0 amide bonds. The molecule has 392 valence electrons. The third-order valence-corrected chi connectivity index (χ3v) is 13.0. The van der Waals surface area contributed by atoms with E-state index in [0.29, 0.717) is 0 Å². The Morgan fingerprint density at radius 1 is 0.434 bits per heavy atom. The molecule has 0 saturated carbocycles. The van der Waals surface area contributed by atoms with Gasteiger partial charge in [0.15, 0.2) is 23.1 Å². The Balaban J connectivity index is 0.000000221.